The minimum absolute atomic E-state index is 0. The third-order valence-electron chi connectivity index (χ3n) is 5.91. The monoisotopic (exact) mass is 580 g/mol. The van der Waals surface area contributed by atoms with Crippen LogP contribution >= 0.6 is 24.8 Å². The molecule has 0 spiro atoms. The molecule has 4 aromatic rings. The van der Waals surface area contributed by atoms with Crippen LogP contribution in [0.25, 0.3) is 10.8 Å². The van der Waals surface area contributed by atoms with Gasteiger partial charge in [0.2, 0.25) is 0 Å². The summed E-state index contributed by atoms with van der Waals surface area (Å²) in [6.45, 7) is 8.67. The maximum atomic E-state index is 3.36. The van der Waals surface area contributed by atoms with E-state index in [-0.39, 0.29) is 24.8 Å². The Morgan fingerprint density at radius 1 is 0.735 bits per heavy atom. The average Bonchev–Trinajstić information content (AvgIpc) is 3.41. The van der Waals surface area contributed by atoms with Gasteiger partial charge in [0, 0.05) is 0 Å². The fourth-order valence-electron chi connectivity index (χ4n) is 3.61. The van der Waals surface area contributed by atoms with Crippen molar-refractivity contribution >= 4 is 51.4 Å². The van der Waals surface area contributed by atoms with E-state index in [0.29, 0.717) is 5.92 Å². The minimum Gasteiger partial charge on any atom is -0.168 e. The molecule has 34 heavy (non-hydrogen) atoms. The van der Waals surface area contributed by atoms with Gasteiger partial charge in [-0.2, -0.15) is 28.7 Å². The van der Waals surface area contributed by atoms with Crippen molar-refractivity contribution in [1.29, 1.82) is 0 Å². The molecule has 1 atom stereocenters. The number of fused-ring (bicyclic) bond motifs is 1. The van der Waals surface area contributed by atoms with Gasteiger partial charge >= 0.3 is 99.8 Å². The van der Waals surface area contributed by atoms with E-state index in [1.54, 1.807) is 23.3 Å². The summed E-state index contributed by atoms with van der Waals surface area (Å²) in [5.74, 6) is 0.560. The van der Waals surface area contributed by atoms with Crippen molar-refractivity contribution in [3.63, 3.8) is 0 Å². The molecule has 0 fully saturated rings. The largest absolute Gasteiger partial charge is 0.168 e. The molecular weight excluding hydrogens is 551 g/mol. The third-order valence-corrected chi connectivity index (χ3v) is 12.0. The molecule has 0 saturated carbocycles. The molecule has 0 N–H and O–H groups in total. The third kappa shape index (κ3) is 8.58. The van der Waals surface area contributed by atoms with Crippen molar-refractivity contribution in [3.8, 4) is 0 Å². The van der Waals surface area contributed by atoms with Crippen molar-refractivity contribution in [2.75, 3.05) is 0 Å². The molecule has 0 saturated heterocycles. The van der Waals surface area contributed by atoms with Gasteiger partial charge in [-0.3, -0.25) is 6.08 Å². The van der Waals surface area contributed by atoms with Crippen molar-refractivity contribution in [2.45, 2.75) is 27.7 Å². The molecule has 0 radical (unpaired) electrons. The van der Waals surface area contributed by atoms with Crippen molar-refractivity contribution < 1.29 is 23.3 Å². The molecule has 0 heterocycles. The Morgan fingerprint density at radius 3 is 1.65 bits per heavy atom. The molecule has 0 bridgehead atoms. The van der Waals surface area contributed by atoms with Crippen LogP contribution in [0, 0.1) is 12.0 Å². The van der Waals surface area contributed by atoms with Gasteiger partial charge in [-0.15, -0.1) is 61.4 Å². The molecule has 0 amide bonds. The second-order valence-electron chi connectivity index (χ2n) is 8.06. The van der Waals surface area contributed by atoms with Crippen LogP contribution in [0.15, 0.2) is 120 Å². The number of benzene rings is 3. The molecule has 1 aliphatic carbocycles. The van der Waals surface area contributed by atoms with Crippen LogP contribution in [0.5, 0.6) is 0 Å². The second kappa shape index (κ2) is 15.4. The first-order chi connectivity index (χ1) is 15.5. The SMILES string of the molecule is CC1=[C-]C(C)C(C)=C1C.Cl.Cl.[Zr+2]=[Si](c1ccccc1)c1ccccc1.c1ccc2[cH-]ccc2c1. The van der Waals surface area contributed by atoms with E-state index in [9.17, 15) is 0 Å². The minimum atomic E-state index is -0.455. The number of rotatable bonds is 2. The Balaban J connectivity index is 0.000000257. The van der Waals surface area contributed by atoms with Crippen molar-refractivity contribution in [3.05, 3.63) is 126 Å². The quantitative estimate of drug-likeness (QED) is 0.170. The number of halogens is 2. The molecule has 5 rings (SSSR count). The van der Waals surface area contributed by atoms with Gasteiger partial charge in [0.15, 0.2) is 0 Å². The molecule has 174 valence electrons. The molecule has 1 unspecified atom stereocenters. The number of hydrogen-bond acceptors (Lipinski definition) is 0. The van der Waals surface area contributed by atoms with Crippen LogP contribution < -0.4 is 10.4 Å². The van der Waals surface area contributed by atoms with Crippen molar-refractivity contribution in [1.82, 2.24) is 0 Å². The summed E-state index contributed by atoms with van der Waals surface area (Å²) in [5.41, 5.74) is 3.79. The molecule has 4 aromatic carbocycles. The summed E-state index contributed by atoms with van der Waals surface area (Å²) in [7, 11) is 0. The topological polar surface area (TPSA) is 0 Å². The first-order valence-electron chi connectivity index (χ1n) is 11.0. The first-order valence-corrected chi connectivity index (χ1v) is 16.2. The van der Waals surface area contributed by atoms with Gasteiger partial charge in [0.1, 0.15) is 0 Å². The Morgan fingerprint density at radius 2 is 1.24 bits per heavy atom. The fraction of sp³-hybridized carbons (Fsp3) is 0.167. The van der Waals surface area contributed by atoms with Crippen LogP contribution in [0.3, 0.4) is 0 Å². The van der Waals surface area contributed by atoms with E-state index in [0.717, 1.165) is 0 Å². The van der Waals surface area contributed by atoms with E-state index in [1.165, 1.54) is 37.9 Å². The van der Waals surface area contributed by atoms with E-state index >= 15 is 0 Å². The van der Waals surface area contributed by atoms with Gasteiger partial charge < -0.3 is 0 Å². The van der Waals surface area contributed by atoms with E-state index in [2.05, 4.69) is 137 Å². The predicted molar refractivity (Wildman–Crippen MR) is 152 cm³/mol. The Kier molecular flexibility index (Phi) is 13.8. The second-order valence-corrected chi connectivity index (χ2v) is 13.7. The van der Waals surface area contributed by atoms with Gasteiger partial charge in [-0.1, -0.05) is 32.8 Å². The Hall–Kier alpha value is -1.57. The van der Waals surface area contributed by atoms with E-state index in [1.807, 2.05) is 0 Å². The maximum absolute atomic E-state index is 3.36. The molecular formula is C30H32Cl2SiZr. The summed E-state index contributed by atoms with van der Waals surface area (Å²) >= 11 is 1.64. The fourth-order valence-corrected chi connectivity index (χ4v) is 7.45. The van der Waals surface area contributed by atoms with Crippen LogP contribution in [-0.2, 0) is 23.3 Å². The van der Waals surface area contributed by atoms with Gasteiger partial charge in [-0.05, 0) is 0 Å². The zero-order chi connectivity index (χ0) is 22.9. The summed E-state index contributed by atoms with van der Waals surface area (Å²) < 4.78 is 0. The molecule has 0 aliphatic heterocycles. The van der Waals surface area contributed by atoms with Crippen LogP contribution in [0.2, 0.25) is 0 Å². The van der Waals surface area contributed by atoms with Crippen molar-refractivity contribution in [2.24, 2.45) is 5.92 Å². The standard InChI is InChI=1S/C12H10Si.C9H7.C9H13.2ClH.Zr/c1-3-7-11(8-4-1)13-12-9-5-2-6-10-12;1-2-5-9-7-3-6-8(9)4-1;1-6-5-7(2)9(4)8(6)3;;;/h1-10H;1-7H;6H,1-4H3;2*1H;/q;2*-1;;;+2. The summed E-state index contributed by atoms with van der Waals surface area (Å²) in [6, 6.07) is 36.3. The maximum Gasteiger partial charge on any atom is -0.0809 e. The van der Waals surface area contributed by atoms with E-state index < -0.39 is 5.43 Å². The zero-order valence-electron chi connectivity index (χ0n) is 20.2. The first kappa shape index (κ1) is 30.5. The number of hydrogen-bond donors (Lipinski definition) is 0. The van der Waals surface area contributed by atoms with Gasteiger partial charge in [-0.25, -0.2) is 5.57 Å². The zero-order valence-corrected chi connectivity index (χ0v) is 25.3. The van der Waals surface area contributed by atoms with Crippen LogP contribution in [0.1, 0.15) is 27.7 Å². The Labute approximate surface area is 232 Å². The summed E-state index contributed by atoms with van der Waals surface area (Å²) in [6.07, 6.45) is 3.36. The summed E-state index contributed by atoms with van der Waals surface area (Å²) in [4.78, 5) is 0. The van der Waals surface area contributed by atoms with Gasteiger partial charge in [0.25, 0.3) is 0 Å². The van der Waals surface area contributed by atoms with Crippen LogP contribution in [0.4, 0.5) is 0 Å². The number of allylic oxidation sites excluding steroid dienone is 4. The molecule has 1 aliphatic rings. The average molecular weight is 583 g/mol. The van der Waals surface area contributed by atoms with E-state index in [4.69, 9.17) is 0 Å². The summed E-state index contributed by atoms with van der Waals surface area (Å²) in [5, 5.41) is 5.69. The molecule has 4 heteroatoms. The molecule has 0 nitrogen and oxygen atoms in total. The smallest absolute Gasteiger partial charge is 0.0809 e. The Bertz CT molecular complexity index is 1150. The predicted octanol–water partition coefficient (Wildman–Crippen LogP) is 7.46. The molecule has 0 aromatic heterocycles. The normalized spacial score (nSPS) is 13.9. The van der Waals surface area contributed by atoms with Gasteiger partial charge in [0.05, 0.1) is 0 Å². The van der Waals surface area contributed by atoms with Crippen LogP contribution in [-0.4, -0.2) is 5.43 Å².